The molecule has 2 aromatic heterocycles. The molecule has 3 aromatic rings. The third-order valence-electron chi connectivity index (χ3n) is 4.51. The van der Waals surface area contributed by atoms with Gasteiger partial charge in [-0.1, -0.05) is 36.4 Å². The Bertz CT molecular complexity index is 922. The van der Waals surface area contributed by atoms with E-state index in [2.05, 4.69) is 0 Å². The molecule has 0 bridgehead atoms. The van der Waals surface area contributed by atoms with Crippen LogP contribution in [0.4, 0.5) is 5.82 Å². The van der Waals surface area contributed by atoms with Crippen molar-refractivity contribution >= 4 is 23.1 Å². The quantitative estimate of drug-likeness (QED) is 0.714. The van der Waals surface area contributed by atoms with Gasteiger partial charge in [0.2, 0.25) is 0 Å². The largest absolute Gasteiger partial charge is 0.362 e. The van der Waals surface area contributed by atoms with E-state index in [0.717, 1.165) is 39.8 Å². The summed E-state index contributed by atoms with van der Waals surface area (Å²) in [5, 5.41) is 1.94. The lowest BCUT2D eigenvalue weighted by Gasteiger charge is -2.30. The lowest BCUT2D eigenvalue weighted by Crippen LogP contribution is -2.37. The number of hydrogen-bond donors (Lipinski definition) is 0. The summed E-state index contributed by atoms with van der Waals surface area (Å²) in [6, 6.07) is 13.8. The van der Waals surface area contributed by atoms with E-state index in [4.69, 9.17) is 9.97 Å². The zero-order valence-corrected chi connectivity index (χ0v) is 15.7. The molecule has 1 aromatic carbocycles. The average Bonchev–Trinajstić information content (AvgIpc) is 3.21. The van der Waals surface area contributed by atoms with Crippen molar-refractivity contribution in [2.45, 2.75) is 13.0 Å². The minimum atomic E-state index is 0.0856. The number of hydrogen-bond acceptors (Lipinski definition) is 5. The van der Waals surface area contributed by atoms with Crippen LogP contribution in [0, 0.1) is 0 Å². The predicted octanol–water partition coefficient (Wildman–Crippen LogP) is 3.47. The minimum Gasteiger partial charge on any atom is -0.362 e. The highest BCUT2D eigenvalue weighted by molar-refractivity contribution is 7.12. The number of amides is 1. The molecule has 26 heavy (non-hydrogen) atoms. The van der Waals surface area contributed by atoms with Crippen molar-refractivity contribution in [3.8, 4) is 11.4 Å². The summed E-state index contributed by atoms with van der Waals surface area (Å²) >= 11 is 1.48. The van der Waals surface area contributed by atoms with E-state index in [1.165, 1.54) is 11.3 Å². The molecule has 0 radical (unpaired) electrons. The third-order valence-corrected chi connectivity index (χ3v) is 5.37. The van der Waals surface area contributed by atoms with Gasteiger partial charge in [0.25, 0.3) is 5.91 Å². The molecule has 0 atom stereocenters. The second-order valence-corrected chi connectivity index (χ2v) is 7.46. The van der Waals surface area contributed by atoms with E-state index in [0.29, 0.717) is 13.1 Å². The van der Waals surface area contributed by atoms with E-state index in [-0.39, 0.29) is 5.91 Å². The molecule has 0 N–H and O–H groups in total. The van der Waals surface area contributed by atoms with Crippen molar-refractivity contribution in [3.05, 3.63) is 64.0 Å². The molecule has 0 saturated heterocycles. The summed E-state index contributed by atoms with van der Waals surface area (Å²) in [7, 11) is 3.97. The summed E-state index contributed by atoms with van der Waals surface area (Å²) in [6.45, 7) is 1.23. The van der Waals surface area contributed by atoms with E-state index in [1.807, 2.05) is 71.7 Å². The van der Waals surface area contributed by atoms with Gasteiger partial charge in [-0.15, -0.1) is 11.3 Å². The number of fused-ring (bicyclic) bond motifs is 1. The molecule has 0 unspecified atom stereocenters. The van der Waals surface area contributed by atoms with Crippen molar-refractivity contribution in [3.63, 3.8) is 0 Å². The fourth-order valence-electron chi connectivity index (χ4n) is 3.21. The summed E-state index contributed by atoms with van der Waals surface area (Å²) in [5.41, 5.74) is 3.10. The smallest absolute Gasteiger partial charge is 0.264 e. The van der Waals surface area contributed by atoms with Gasteiger partial charge in [-0.2, -0.15) is 0 Å². The normalized spacial score (nSPS) is 13.4. The lowest BCUT2D eigenvalue weighted by molar-refractivity contribution is 0.0738. The molecule has 132 valence electrons. The minimum absolute atomic E-state index is 0.0856. The van der Waals surface area contributed by atoms with Gasteiger partial charge in [0.05, 0.1) is 17.1 Å². The Morgan fingerprint density at radius 3 is 2.62 bits per heavy atom. The highest BCUT2D eigenvalue weighted by atomic mass is 32.1. The number of anilines is 1. The zero-order chi connectivity index (χ0) is 18.1. The summed E-state index contributed by atoms with van der Waals surface area (Å²) in [5.74, 6) is 1.71. The molecule has 1 aliphatic rings. The van der Waals surface area contributed by atoms with E-state index >= 15 is 0 Å². The van der Waals surface area contributed by atoms with Gasteiger partial charge in [0.1, 0.15) is 5.82 Å². The molecule has 5 nitrogen and oxygen atoms in total. The first-order valence-corrected chi connectivity index (χ1v) is 9.47. The lowest BCUT2D eigenvalue weighted by atomic mass is 10.0. The van der Waals surface area contributed by atoms with Crippen LogP contribution in [0.15, 0.2) is 47.8 Å². The third kappa shape index (κ3) is 3.08. The van der Waals surface area contributed by atoms with Crippen molar-refractivity contribution in [1.82, 2.24) is 14.9 Å². The van der Waals surface area contributed by atoms with Crippen LogP contribution in [0.25, 0.3) is 11.4 Å². The second-order valence-electron chi connectivity index (χ2n) is 6.51. The van der Waals surface area contributed by atoms with Gasteiger partial charge >= 0.3 is 0 Å². The Morgan fingerprint density at radius 2 is 1.92 bits per heavy atom. The number of nitrogens with zero attached hydrogens (tertiary/aromatic N) is 4. The standard InChI is InChI=1S/C20H20N4OS/c1-23(2)19-15-13-24(20(25)17-9-6-12-26-17)11-10-16(15)21-18(22-19)14-7-4-3-5-8-14/h3-9,12H,10-11,13H2,1-2H3. The first-order chi connectivity index (χ1) is 12.6. The molecule has 1 aliphatic heterocycles. The van der Waals surface area contributed by atoms with Gasteiger partial charge in [-0.25, -0.2) is 9.97 Å². The maximum Gasteiger partial charge on any atom is 0.264 e. The molecule has 6 heteroatoms. The number of rotatable bonds is 3. The molecule has 1 amide bonds. The monoisotopic (exact) mass is 364 g/mol. The number of benzene rings is 1. The van der Waals surface area contributed by atoms with Gasteiger partial charge in [-0.3, -0.25) is 4.79 Å². The molecule has 4 rings (SSSR count). The van der Waals surface area contributed by atoms with Crippen LogP contribution in [-0.4, -0.2) is 41.4 Å². The van der Waals surface area contributed by atoms with Crippen LogP contribution in [0.2, 0.25) is 0 Å². The van der Waals surface area contributed by atoms with Gasteiger partial charge in [0.15, 0.2) is 5.82 Å². The van der Waals surface area contributed by atoms with E-state index in [1.54, 1.807) is 0 Å². The topological polar surface area (TPSA) is 49.3 Å². The summed E-state index contributed by atoms with van der Waals surface area (Å²) < 4.78 is 0. The molecular weight excluding hydrogens is 344 g/mol. The van der Waals surface area contributed by atoms with Crippen LogP contribution in [0.3, 0.4) is 0 Å². The maximum atomic E-state index is 12.7. The van der Waals surface area contributed by atoms with Crippen LogP contribution in [-0.2, 0) is 13.0 Å². The zero-order valence-electron chi connectivity index (χ0n) is 14.8. The van der Waals surface area contributed by atoms with Crippen LogP contribution < -0.4 is 4.90 Å². The molecule has 0 aliphatic carbocycles. The van der Waals surface area contributed by atoms with Crippen molar-refractivity contribution in [1.29, 1.82) is 0 Å². The maximum absolute atomic E-state index is 12.7. The highest BCUT2D eigenvalue weighted by Gasteiger charge is 2.27. The number of thiophene rings is 1. The first kappa shape index (κ1) is 16.7. The second kappa shape index (κ2) is 6.88. The van der Waals surface area contributed by atoms with Crippen molar-refractivity contribution in [2.75, 3.05) is 25.5 Å². The summed E-state index contributed by atoms with van der Waals surface area (Å²) in [6.07, 6.45) is 0.746. The highest BCUT2D eigenvalue weighted by Crippen LogP contribution is 2.29. The number of carbonyl (C=O) groups excluding carboxylic acids is 1. The fourth-order valence-corrected chi connectivity index (χ4v) is 3.90. The van der Waals surface area contributed by atoms with Crippen molar-refractivity contribution in [2.24, 2.45) is 0 Å². The molecular formula is C20H20N4OS. The molecule has 0 fully saturated rings. The average molecular weight is 364 g/mol. The molecule has 0 saturated carbocycles. The fraction of sp³-hybridized carbons (Fsp3) is 0.250. The first-order valence-electron chi connectivity index (χ1n) is 8.59. The Morgan fingerprint density at radius 1 is 1.12 bits per heavy atom. The van der Waals surface area contributed by atoms with Crippen LogP contribution in [0.1, 0.15) is 20.9 Å². The SMILES string of the molecule is CN(C)c1nc(-c2ccccc2)nc2c1CN(C(=O)c1cccs1)CC2. The van der Waals surface area contributed by atoms with Crippen LogP contribution >= 0.6 is 11.3 Å². The molecule has 0 spiro atoms. The Balaban J connectivity index is 1.71. The van der Waals surface area contributed by atoms with Gasteiger partial charge < -0.3 is 9.80 Å². The Kier molecular flexibility index (Phi) is 4.42. The van der Waals surface area contributed by atoms with E-state index in [9.17, 15) is 4.79 Å². The van der Waals surface area contributed by atoms with Gasteiger partial charge in [-0.05, 0) is 11.4 Å². The Hall–Kier alpha value is -2.73. The summed E-state index contributed by atoms with van der Waals surface area (Å²) in [4.78, 5) is 27.0. The van der Waals surface area contributed by atoms with Crippen molar-refractivity contribution < 1.29 is 4.79 Å². The van der Waals surface area contributed by atoms with Crippen LogP contribution in [0.5, 0.6) is 0 Å². The van der Waals surface area contributed by atoms with Gasteiger partial charge in [0, 0.05) is 38.2 Å². The Labute approximate surface area is 156 Å². The predicted molar refractivity (Wildman–Crippen MR) is 105 cm³/mol. The number of carbonyl (C=O) groups is 1. The molecule has 3 heterocycles. The number of aromatic nitrogens is 2. The van der Waals surface area contributed by atoms with E-state index < -0.39 is 0 Å².